The van der Waals surface area contributed by atoms with Gasteiger partial charge in [0.2, 0.25) is 0 Å². The van der Waals surface area contributed by atoms with E-state index in [2.05, 4.69) is 21.4 Å². The zero-order valence-corrected chi connectivity index (χ0v) is 8.59. The van der Waals surface area contributed by atoms with Gasteiger partial charge in [0.15, 0.2) is 0 Å². The Bertz CT molecular complexity index is 502. The van der Waals surface area contributed by atoms with Crippen molar-refractivity contribution < 1.29 is 0 Å². The average molecular weight is 210 g/mol. The molecule has 0 bridgehead atoms. The first kappa shape index (κ1) is 10.1. The fourth-order valence-corrected chi connectivity index (χ4v) is 1.33. The highest BCUT2D eigenvalue weighted by atomic mass is 15.0. The van der Waals surface area contributed by atoms with Crippen molar-refractivity contribution in [2.75, 3.05) is 5.32 Å². The number of hydrogen-bond donors (Lipinski definition) is 1. The summed E-state index contributed by atoms with van der Waals surface area (Å²) in [7, 11) is 0. The van der Waals surface area contributed by atoms with Crippen LogP contribution >= 0.6 is 0 Å². The minimum atomic E-state index is 0.633. The third-order valence-corrected chi connectivity index (χ3v) is 2.09. The largest absolute Gasteiger partial charge is 0.365 e. The summed E-state index contributed by atoms with van der Waals surface area (Å²) in [5, 5.41) is 11.9. The van der Waals surface area contributed by atoms with Crippen LogP contribution in [0.5, 0.6) is 0 Å². The molecule has 1 aromatic carbocycles. The van der Waals surface area contributed by atoms with Crippen LogP contribution in [-0.4, -0.2) is 9.97 Å². The number of aromatic nitrogens is 2. The molecule has 0 saturated carbocycles. The van der Waals surface area contributed by atoms with Crippen molar-refractivity contribution in [1.29, 1.82) is 5.26 Å². The van der Waals surface area contributed by atoms with E-state index in [-0.39, 0.29) is 0 Å². The monoisotopic (exact) mass is 210 g/mol. The number of nitrogens with zero attached hydrogens (tertiary/aromatic N) is 3. The maximum Gasteiger partial charge on any atom is 0.144 e. The molecule has 0 saturated heterocycles. The van der Waals surface area contributed by atoms with Gasteiger partial charge in [0.1, 0.15) is 5.82 Å². The smallest absolute Gasteiger partial charge is 0.144 e. The second-order valence-electron chi connectivity index (χ2n) is 3.26. The van der Waals surface area contributed by atoms with Gasteiger partial charge in [-0.3, -0.25) is 4.98 Å². The highest BCUT2D eigenvalue weighted by Gasteiger charge is 1.96. The standard InChI is InChI=1S/C12H10N4/c13-7-10-2-1-3-11(6-10)8-16-12-9-14-4-5-15-12/h1-6,9H,8H2,(H,15,16). The predicted molar refractivity (Wildman–Crippen MR) is 60.5 cm³/mol. The number of benzene rings is 1. The summed E-state index contributed by atoms with van der Waals surface area (Å²) in [6, 6.07) is 9.57. The van der Waals surface area contributed by atoms with E-state index in [1.54, 1.807) is 24.7 Å². The van der Waals surface area contributed by atoms with Crippen LogP contribution in [0.4, 0.5) is 5.82 Å². The molecule has 0 fully saturated rings. The predicted octanol–water partition coefficient (Wildman–Crippen LogP) is 1.96. The summed E-state index contributed by atoms with van der Waals surface area (Å²) in [6.07, 6.45) is 4.92. The molecule has 78 valence electrons. The topological polar surface area (TPSA) is 61.6 Å². The van der Waals surface area contributed by atoms with Crippen LogP contribution in [0.3, 0.4) is 0 Å². The van der Waals surface area contributed by atoms with Crippen molar-refractivity contribution >= 4 is 5.82 Å². The first-order chi connectivity index (χ1) is 7.88. The Morgan fingerprint density at radius 1 is 1.31 bits per heavy atom. The van der Waals surface area contributed by atoms with Crippen LogP contribution in [0.2, 0.25) is 0 Å². The molecule has 16 heavy (non-hydrogen) atoms. The lowest BCUT2D eigenvalue weighted by atomic mass is 10.1. The van der Waals surface area contributed by atoms with Gasteiger partial charge >= 0.3 is 0 Å². The minimum absolute atomic E-state index is 0.633. The third-order valence-electron chi connectivity index (χ3n) is 2.09. The van der Waals surface area contributed by atoms with E-state index in [1.165, 1.54) is 0 Å². The van der Waals surface area contributed by atoms with E-state index in [0.29, 0.717) is 12.1 Å². The van der Waals surface area contributed by atoms with Crippen LogP contribution in [0.25, 0.3) is 0 Å². The summed E-state index contributed by atoms with van der Waals surface area (Å²) >= 11 is 0. The zero-order chi connectivity index (χ0) is 11.2. The molecule has 1 heterocycles. The molecule has 0 aliphatic heterocycles. The molecule has 0 atom stereocenters. The van der Waals surface area contributed by atoms with Crippen molar-refractivity contribution in [3.05, 3.63) is 54.0 Å². The van der Waals surface area contributed by atoms with Gasteiger partial charge in [-0.2, -0.15) is 5.26 Å². The Hall–Kier alpha value is -2.41. The number of nitriles is 1. The molecule has 0 radical (unpaired) electrons. The normalized spacial score (nSPS) is 9.44. The first-order valence-corrected chi connectivity index (χ1v) is 4.87. The van der Waals surface area contributed by atoms with Crippen molar-refractivity contribution in [3.63, 3.8) is 0 Å². The van der Waals surface area contributed by atoms with Gasteiger partial charge in [0, 0.05) is 18.9 Å². The molecular formula is C12H10N4. The summed E-state index contributed by atoms with van der Waals surface area (Å²) in [6.45, 7) is 0.633. The number of anilines is 1. The van der Waals surface area contributed by atoms with Gasteiger partial charge in [-0.05, 0) is 17.7 Å². The Kier molecular flexibility index (Phi) is 3.10. The first-order valence-electron chi connectivity index (χ1n) is 4.87. The minimum Gasteiger partial charge on any atom is -0.365 e. The molecule has 0 amide bonds. The summed E-state index contributed by atoms with van der Waals surface area (Å²) < 4.78 is 0. The van der Waals surface area contributed by atoms with E-state index in [0.717, 1.165) is 11.4 Å². The molecule has 4 heteroatoms. The summed E-state index contributed by atoms with van der Waals surface area (Å²) in [5.74, 6) is 0.727. The third kappa shape index (κ3) is 2.55. The molecule has 0 aliphatic carbocycles. The van der Waals surface area contributed by atoms with E-state index in [4.69, 9.17) is 5.26 Å². The highest BCUT2D eigenvalue weighted by molar-refractivity contribution is 5.36. The van der Waals surface area contributed by atoms with E-state index in [1.807, 2.05) is 18.2 Å². The van der Waals surface area contributed by atoms with E-state index < -0.39 is 0 Å². The molecule has 1 aromatic heterocycles. The molecule has 0 spiro atoms. The van der Waals surface area contributed by atoms with Gasteiger partial charge in [-0.25, -0.2) is 4.98 Å². The van der Waals surface area contributed by atoms with Gasteiger partial charge in [0.05, 0.1) is 17.8 Å². The lowest BCUT2D eigenvalue weighted by molar-refractivity contribution is 1.08. The fraction of sp³-hybridized carbons (Fsp3) is 0.0833. The maximum atomic E-state index is 8.75. The molecule has 4 nitrogen and oxygen atoms in total. The van der Waals surface area contributed by atoms with Crippen molar-refractivity contribution in [2.45, 2.75) is 6.54 Å². The van der Waals surface area contributed by atoms with Crippen molar-refractivity contribution in [2.24, 2.45) is 0 Å². The highest BCUT2D eigenvalue weighted by Crippen LogP contribution is 2.06. The molecule has 1 N–H and O–H groups in total. The number of rotatable bonds is 3. The van der Waals surface area contributed by atoms with Crippen LogP contribution in [0.1, 0.15) is 11.1 Å². The second-order valence-corrected chi connectivity index (χ2v) is 3.26. The number of hydrogen-bond acceptors (Lipinski definition) is 4. The lowest BCUT2D eigenvalue weighted by Gasteiger charge is -2.04. The Labute approximate surface area is 93.6 Å². The van der Waals surface area contributed by atoms with Crippen LogP contribution in [0, 0.1) is 11.3 Å². The maximum absolute atomic E-state index is 8.75. The Morgan fingerprint density at radius 3 is 3.00 bits per heavy atom. The van der Waals surface area contributed by atoms with Crippen LogP contribution in [-0.2, 0) is 6.54 Å². The van der Waals surface area contributed by atoms with E-state index in [9.17, 15) is 0 Å². The molecule has 2 rings (SSSR count). The van der Waals surface area contributed by atoms with Gasteiger partial charge in [-0.1, -0.05) is 12.1 Å². The fourth-order valence-electron chi connectivity index (χ4n) is 1.33. The van der Waals surface area contributed by atoms with Gasteiger partial charge < -0.3 is 5.32 Å². The summed E-state index contributed by atoms with van der Waals surface area (Å²) in [4.78, 5) is 8.05. The summed E-state index contributed by atoms with van der Waals surface area (Å²) in [5.41, 5.74) is 1.71. The average Bonchev–Trinajstić information content (AvgIpc) is 2.38. The Morgan fingerprint density at radius 2 is 2.25 bits per heavy atom. The second kappa shape index (κ2) is 4.89. The van der Waals surface area contributed by atoms with Gasteiger partial charge in [0.25, 0.3) is 0 Å². The molecule has 2 aromatic rings. The molecular weight excluding hydrogens is 200 g/mol. The van der Waals surface area contributed by atoms with Crippen LogP contribution < -0.4 is 5.32 Å². The Balaban J connectivity index is 2.03. The SMILES string of the molecule is N#Cc1cccc(CNc2cnccn2)c1. The molecule has 0 aliphatic rings. The quantitative estimate of drug-likeness (QED) is 0.841. The zero-order valence-electron chi connectivity index (χ0n) is 8.59. The van der Waals surface area contributed by atoms with Crippen molar-refractivity contribution in [3.8, 4) is 6.07 Å². The molecule has 0 unspecified atom stereocenters. The van der Waals surface area contributed by atoms with Crippen LogP contribution in [0.15, 0.2) is 42.9 Å². The lowest BCUT2D eigenvalue weighted by Crippen LogP contribution is -2.01. The van der Waals surface area contributed by atoms with Crippen molar-refractivity contribution in [1.82, 2.24) is 9.97 Å². The number of nitrogens with one attached hydrogen (secondary N) is 1. The van der Waals surface area contributed by atoms with E-state index >= 15 is 0 Å². The van der Waals surface area contributed by atoms with Gasteiger partial charge in [-0.15, -0.1) is 0 Å².